The first kappa shape index (κ1) is 22.3. The average Bonchev–Trinajstić information content (AvgIpc) is 3.22. The van der Waals surface area contributed by atoms with Crippen molar-refractivity contribution >= 4 is 23.7 Å². The van der Waals surface area contributed by atoms with Crippen LogP contribution in [0.3, 0.4) is 0 Å². The molecular weight excluding hydrogens is 419 g/mol. The maximum Gasteiger partial charge on any atom is 0.273 e. The van der Waals surface area contributed by atoms with Crippen LogP contribution in [0.25, 0.3) is 11.3 Å². The number of furan rings is 1. The van der Waals surface area contributed by atoms with Crippen LogP contribution in [0, 0.1) is 22.9 Å². The summed E-state index contributed by atoms with van der Waals surface area (Å²) < 4.78 is 18.6. The Kier molecular flexibility index (Phi) is 6.74. The fourth-order valence-corrected chi connectivity index (χ4v) is 2.86. The SMILES string of the molecule is Cc1c(-c2ccc(/C=N\NC(=O)[C@@H](C)NC(=O)c3ccc(F)cc3)o2)cccc1[N+](=O)[O-]. The van der Waals surface area contributed by atoms with Crippen LogP contribution in [0.5, 0.6) is 0 Å². The number of hydrogen-bond acceptors (Lipinski definition) is 6. The Labute approximate surface area is 182 Å². The third-order valence-electron chi connectivity index (χ3n) is 4.61. The molecule has 0 spiro atoms. The normalized spacial score (nSPS) is 11.8. The van der Waals surface area contributed by atoms with Crippen LogP contribution in [-0.2, 0) is 4.79 Å². The van der Waals surface area contributed by atoms with Gasteiger partial charge >= 0.3 is 0 Å². The molecule has 0 unspecified atom stereocenters. The third-order valence-corrected chi connectivity index (χ3v) is 4.61. The second kappa shape index (κ2) is 9.65. The number of nitro groups is 1. The van der Waals surface area contributed by atoms with E-state index in [9.17, 15) is 24.1 Å². The quantitative estimate of drug-likeness (QED) is 0.331. The van der Waals surface area contributed by atoms with E-state index in [2.05, 4.69) is 15.8 Å². The van der Waals surface area contributed by atoms with Crippen LogP contribution in [0.1, 0.15) is 28.6 Å². The van der Waals surface area contributed by atoms with E-state index in [-0.39, 0.29) is 11.3 Å². The Morgan fingerprint density at radius 1 is 1.16 bits per heavy atom. The number of carbonyl (C=O) groups is 2. The molecule has 32 heavy (non-hydrogen) atoms. The van der Waals surface area contributed by atoms with E-state index in [1.165, 1.54) is 31.3 Å². The van der Waals surface area contributed by atoms with E-state index in [1.807, 2.05) is 0 Å². The van der Waals surface area contributed by atoms with Crippen molar-refractivity contribution in [3.8, 4) is 11.3 Å². The Morgan fingerprint density at radius 3 is 2.56 bits per heavy atom. The molecule has 1 aromatic heterocycles. The first-order valence-corrected chi connectivity index (χ1v) is 9.50. The van der Waals surface area contributed by atoms with Crippen molar-refractivity contribution < 1.29 is 23.3 Å². The zero-order chi connectivity index (χ0) is 23.3. The fourth-order valence-electron chi connectivity index (χ4n) is 2.86. The number of hydrazone groups is 1. The highest BCUT2D eigenvalue weighted by Gasteiger charge is 2.17. The van der Waals surface area contributed by atoms with Crippen molar-refractivity contribution in [2.75, 3.05) is 0 Å². The molecule has 9 nitrogen and oxygen atoms in total. The number of benzene rings is 2. The van der Waals surface area contributed by atoms with Gasteiger partial charge in [0, 0.05) is 22.8 Å². The summed E-state index contributed by atoms with van der Waals surface area (Å²) in [6, 6.07) is 11.9. The molecule has 10 heteroatoms. The highest BCUT2D eigenvalue weighted by Crippen LogP contribution is 2.30. The molecule has 1 atom stereocenters. The van der Waals surface area contributed by atoms with Crippen LogP contribution < -0.4 is 10.7 Å². The maximum absolute atomic E-state index is 12.9. The summed E-state index contributed by atoms with van der Waals surface area (Å²) in [4.78, 5) is 34.9. The van der Waals surface area contributed by atoms with Gasteiger partial charge in [0.15, 0.2) is 0 Å². The Hall–Kier alpha value is -4.34. The van der Waals surface area contributed by atoms with Gasteiger partial charge in [-0.3, -0.25) is 19.7 Å². The summed E-state index contributed by atoms with van der Waals surface area (Å²) in [5.41, 5.74) is 3.53. The summed E-state index contributed by atoms with van der Waals surface area (Å²) in [5.74, 6) is -0.839. The molecule has 164 valence electrons. The predicted octanol–water partition coefficient (Wildman–Crippen LogP) is 3.57. The van der Waals surface area contributed by atoms with E-state index in [0.29, 0.717) is 22.6 Å². The number of nitrogens with one attached hydrogen (secondary N) is 2. The highest BCUT2D eigenvalue weighted by atomic mass is 19.1. The number of carbonyl (C=O) groups excluding carboxylic acids is 2. The topological polar surface area (TPSA) is 127 Å². The monoisotopic (exact) mass is 438 g/mol. The highest BCUT2D eigenvalue weighted by molar-refractivity contribution is 5.97. The molecule has 0 aliphatic heterocycles. The van der Waals surface area contributed by atoms with Gasteiger partial charge in [0.25, 0.3) is 17.5 Å². The minimum Gasteiger partial charge on any atom is -0.455 e. The first-order valence-electron chi connectivity index (χ1n) is 9.50. The van der Waals surface area contributed by atoms with Crippen molar-refractivity contribution in [2.45, 2.75) is 19.9 Å². The summed E-state index contributed by atoms with van der Waals surface area (Å²) in [5, 5.41) is 17.4. The van der Waals surface area contributed by atoms with E-state index in [4.69, 9.17) is 4.42 Å². The zero-order valence-corrected chi connectivity index (χ0v) is 17.2. The van der Waals surface area contributed by atoms with Crippen LogP contribution in [0.4, 0.5) is 10.1 Å². The standard InChI is InChI=1S/C22H19FN4O5/c1-13-18(4-3-5-19(13)27(30)31)20-11-10-17(32-20)12-24-26-21(28)14(2)25-22(29)15-6-8-16(23)9-7-15/h3-12,14H,1-2H3,(H,25,29)(H,26,28)/b24-12-/t14-/m1/s1. The van der Waals surface area contributed by atoms with E-state index < -0.39 is 28.6 Å². The fraction of sp³-hybridized carbons (Fsp3) is 0.136. The van der Waals surface area contributed by atoms with Crippen LogP contribution in [0.15, 0.2) is 64.1 Å². The largest absolute Gasteiger partial charge is 0.455 e. The molecule has 3 rings (SSSR count). The zero-order valence-electron chi connectivity index (χ0n) is 17.2. The average molecular weight is 438 g/mol. The van der Waals surface area contributed by atoms with Gasteiger partial charge in [0.1, 0.15) is 23.4 Å². The first-order chi connectivity index (χ1) is 15.3. The van der Waals surface area contributed by atoms with Crippen molar-refractivity contribution in [1.82, 2.24) is 10.7 Å². The Bertz CT molecular complexity index is 1190. The van der Waals surface area contributed by atoms with Crippen molar-refractivity contribution in [3.63, 3.8) is 0 Å². The molecule has 1 heterocycles. The molecule has 3 aromatic rings. The number of hydrogen-bond donors (Lipinski definition) is 2. The molecule has 2 aromatic carbocycles. The molecule has 0 fully saturated rings. The lowest BCUT2D eigenvalue weighted by molar-refractivity contribution is -0.385. The number of amides is 2. The van der Waals surface area contributed by atoms with Crippen molar-refractivity contribution in [1.29, 1.82) is 0 Å². The van der Waals surface area contributed by atoms with Crippen LogP contribution in [0.2, 0.25) is 0 Å². The van der Waals surface area contributed by atoms with E-state index in [1.54, 1.807) is 31.2 Å². The van der Waals surface area contributed by atoms with Gasteiger partial charge in [-0.1, -0.05) is 12.1 Å². The molecular formula is C22H19FN4O5. The lowest BCUT2D eigenvalue weighted by Gasteiger charge is -2.12. The van der Waals surface area contributed by atoms with Gasteiger partial charge < -0.3 is 9.73 Å². The summed E-state index contributed by atoms with van der Waals surface area (Å²) >= 11 is 0. The van der Waals surface area contributed by atoms with Gasteiger partial charge in [-0.15, -0.1) is 0 Å². The Morgan fingerprint density at radius 2 is 1.88 bits per heavy atom. The molecule has 0 saturated heterocycles. The minimum absolute atomic E-state index is 0.0157. The number of rotatable bonds is 7. The minimum atomic E-state index is -0.899. The summed E-state index contributed by atoms with van der Waals surface area (Å²) in [6.45, 7) is 3.11. The number of halogens is 1. The maximum atomic E-state index is 12.9. The number of nitrogens with zero attached hydrogens (tertiary/aromatic N) is 2. The lowest BCUT2D eigenvalue weighted by atomic mass is 10.1. The van der Waals surface area contributed by atoms with Crippen LogP contribution >= 0.6 is 0 Å². The van der Waals surface area contributed by atoms with E-state index >= 15 is 0 Å². The summed E-state index contributed by atoms with van der Waals surface area (Å²) in [7, 11) is 0. The molecule has 2 amide bonds. The second-order valence-electron chi connectivity index (χ2n) is 6.85. The molecule has 0 radical (unpaired) electrons. The van der Waals surface area contributed by atoms with Gasteiger partial charge in [-0.2, -0.15) is 5.10 Å². The van der Waals surface area contributed by atoms with Gasteiger partial charge in [0.2, 0.25) is 0 Å². The molecule has 0 bridgehead atoms. The van der Waals surface area contributed by atoms with Crippen molar-refractivity contribution in [3.05, 3.63) is 87.4 Å². The third kappa shape index (κ3) is 5.22. The van der Waals surface area contributed by atoms with Crippen molar-refractivity contribution in [2.24, 2.45) is 5.10 Å². The van der Waals surface area contributed by atoms with Crippen LogP contribution in [-0.4, -0.2) is 29.0 Å². The molecule has 2 N–H and O–H groups in total. The van der Waals surface area contributed by atoms with Gasteiger partial charge in [0.05, 0.1) is 11.1 Å². The van der Waals surface area contributed by atoms with E-state index in [0.717, 1.165) is 12.1 Å². The molecule has 0 aliphatic carbocycles. The molecule has 0 aliphatic rings. The molecule has 0 saturated carbocycles. The second-order valence-corrected chi connectivity index (χ2v) is 6.85. The Balaban J connectivity index is 1.59. The smallest absolute Gasteiger partial charge is 0.273 e. The summed E-state index contributed by atoms with van der Waals surface area (Å²) in [6.07, 6.45) is 1.27. The number of nitro benzene ring substituents is 1. The lowest BCUT2D eigenvalue weighted by Crippen LogP contribution is -2.43. The predicted molar refractivity (Wildman–Crippen MR) is 115 cm³/mol. The van der Waals surface area contributed by atoms with Gasteiger partial charge in [-0.25, -0.2) is 9.82 Å². The van der Waals surface area contributed by atoms with Gasteiger partial charge in [-0.05, 0) is 50.2 Å².